The average molecular weight is 302 g/mol. The molecule has 0 saturated heterocycles. The summed E-state index contributed by atoms with van der Waals surface area (Å²) in [6, 6.07) is 5.65. The maximum absolute atomic E-state index is 13.8. The minimum atomic E-state index is -0.120. The van der Waals surface area contributed by atoms with E-state index >= 15 is 0 Å². The molecule has 0 aliphatic carbocycles. The number of likely N-dealkylation sites (N-methyl/N-ethyl adjacent to an activating group) is 1. The van der Waals surface area contributed by atoms with Crippen LogP contribution in [0, 0.1) is 11.7 Å². The first-order valence-corrected chi connectivity index (χ1v) is 7.05. The molecule has 0 aliphatic heterocycles. The Bertz CT molecular complexity index is 354. The normalized spacial score (nSPS) is 14.6. The van der Waals surface area contributed by atoms with E-state index in [1.807, 2.05) is 12.1 Å². The van der Waals surface area contributed by atoms with Crippen molar-refractivity contribution in [3.8, 4) is 0 Å². The van der Waals surface area contributed by atoms with Gasteiger partial charge in [-0.2, -0.15) is 0 Å². The quantitative estimate of drug-likeness (QED) is 0.832. The predicted molar refractivity (Wildman–Crippen MR) is 74.7 cm³/mol. The SMILES string of the molecule is CCNC(Cc1ccc(Br)cc1F)C(C)CC. The first-order chi connectivity index (χ1) is 8.08. The third-order valence-electron chi connectivity index (χ3n) is 3.25. The van der Waals surface area contributed by atoms with Gasteiger partial charge in [0.2, 0.25) is 0 Å². The Morgan fingerprint density at radius 2 is 2.06 bits per heavy atom. The molecule has 1 aromatic rings. The van der Waals surface area contributed by atoms with Gasteiger partial charge in [-0.05, 0) is 36.6 Å². The highest BCUT2D eigenvalue weighted by molar-refractivity contribution is 9.10. The van der Waals surface area contributed by atoms with Crippen LogP contribution in [0.15, 0.2) is 22.7 Å². The Morgan fingerprint density at radius 3 is 2.59 bits per heavy atom. The second kappa shape index (κ2) is 7.12. The topological polar surface area (TPSA) is 12.0 Å². The first kappa shape index (κ1) is 14.7. The molecule has 1 aromatic carbocycles. The molecular weight excluding hydrogens is 281 g/mol. The fourth-order valence-electron chi connectivity index (χ4n) is 1.95. The molecule has 1 N–H and O–H groups in total. The zero-order chi connectivity index (χ0) is 12.8. The smallest absolute Gasteiger partial charge is 0.127 e. The molecule has 0 bridgehead atoms. The molecule has 1 rings (SSSR count). The number of rotatable bonds is 6. The fourth-order valence-corrected chi connectivity index (χ4v) is 2.28. The highest BCUT2D eigenvalue weighted by Gasteiger charge is 2.16. The van der Waals surface area contributed by atoms with Crippen molar-refractivity contribution in [1.82, 2.24) is 5.32 Å². The van der Waals surface area contributed by atoms with Crippen molar-refractivity contribution < 1.29 is 4.39 Å². The largest absolute Gasteiger partial charge is 0.314 e. The van der Waals surface area contributed by atoms with E-state index in [0.717, 1.165) is 29.4 Å². The van der Waals surface area contributed by atoms with Crippen molar-refractivity contribution in [2.45, 2.75) is 39.7 Å². The first-order valence-electron chi connectivity index (χ1n) is 6.25. The van der Waals surface area contributed by atoms with Gasteiger partial charge in [-0.25, -0.2) is 4.39 Å². The van der Waals surface area contributed by atoms with Crippen LogP contribution in [-0.4, -0.2) is 12.6 Å². The van der Waals surface area contributed by atoms with E-state index in [2.05, 4.69) is 42.0 Å². The molecule has 96 valence electrons. The molecule has 0 aliphatic rings. The van der Waals surface area contributed by atoms with Crippen LogP contribution in [0.1, 0.15) is 32.8 Å². The van der Waals surface area contributed by atoms with E-state index in [9.17, 15) is 4.39 Å². The van der Waals surface area contributed by atoms with Gasteiger partial charge in [0.05, 0.1) is 0 Å². The molecule has 0 aromatic heterocycles. The van der Waals surface area contributed by atoms with Crippen molar-refractivity contribution in [2.24, 2.45) is 5.92 Å². The summed E-state index contributed by atoms with van der Waals surface area (Å²) in [7, 11) is 0. The van der Waals surface area contributed by atoms with Gasteiger partial charge in [-0.1, -0.05) is 49.2 Å². The molecule has 2 atom stereocenters. The van der Waals surface area contributed by atoms with Gasteiger partial charge >= 0.3 is 0 Å². The molecule has 3 heteroatoms. The Hall–Kier alpha value is -0.410. The summed E-state index contributed by atoms with van der Waals surface area (Å²) in [5, 5.41) is 3.45. The molecule has 0 fully saturated rings. The third kappa shape index (κ3) is 4.40. The maximum Gasteiger partial charge on any atom is 0.127 e. The van der Waals surface area contributed by atoms with Gasteiger partial charge in [0.25, 0.3) is 0 Å². The van der Waals surface area contributed by atoms with Gasteiger partial charge in [0, 0.05) is 10.5 Å². The lowest BCUT2D eigenvalue weighted by Crippen LogP contribution is -2.36. The molecule has 0 heterocycles. The summed E-state index contributed by atoms with van der Waals surface area (Å²) in [6.45, 7) is 7.40. The van der Waals surface area contributed by atoms with E-state index < -0.39 is 0 Å². The van der Waals surface area contributed by atoms with Crippen molar-refractivity contribution in [3.05, 3.63) is 34.1 Å². The van der Waals surface area contributed by atoms with Gasteiger partial charge < -0.3 is 5.32 Å². The van der Waals surface area contributed by atoms with Crippen molar-refractivity contribution in [2.75, 3.05) is 6.54 Å². The second-order valence-corrected chi connectivity index (χ2v) is 5.41. The van der Waals surface area contributed by atoms with E-state index in [1.165, 1.54) is 6.07 Å². The third-order valence-corrected chi connectivity index (χ3v) is 3.75. The Kier molecular flexibility index (Phi) is 6.14. The fraction of sp³-hybridized carbons (Fsp3) is 0.571. The van der Waals surface area contributed by atoms with E-state index in [1.54, 1.807) is 0 Å². The summed E-state index contributed by atoms with van der Waals surface area (Å²) in [4.78, 5) is 0. The summed E-state index contributed by atoms with van der Waals surface area (Å²) >= 11 is 3.28. The van der Waals surface area contributed by atoms with E-state index in [-0.39, 0.29) is 5.82 Å². The number of hydrogen-bond acceptors (Lipinski definition) is 1. The van der Waals surface area contributed by atoms with Crippen LogP contribution >= 0.6 is 15.9 Å². The zero-order valence-electron chi connectivity index (χ0n) is 10.8. The maximum atomic E-state index is 13.8. The molecule has 0 saturated carbocycles. The molecule has 17 heavy (non-hydrogen) atoms. The van der Waals surface area contributed by atoms with E-state index in [4.69, 9.17) is 0 Å². The number of halogens is 2. The minimum absolute atomic E-state index is 0.120. The number of nitrogens with one attached hydrogen (secondary N) is 1. The standard InChI is InChI=1S/C14H21BrFN/c1-4-10(3)14(17-5-2)8-11-6-7-12(15)9-13(11)16/h6-7,9-10,14,17H,4-5,8H2,1-3H3. The molecule has 0 spiro atoms. The zero-order valence-corrected chi connectivity index (χ0v) is 12.3. The molecule has 1 nitrogen and oxygen atoms in total. The monoisotopic (exact) mass is 301 g/mol. The molecule has 0 amide bonds. The molecule has 2 unspecified atom stereocenters. The summed E-state index contributed by atoms with van der Waals surface area (Å²) < 4.78 is 14.6. The summed E-state index contributed by atoms with van der Waals surface area (Å²) in [5.74, 6) is 0.434. The van der Waals surface area contributed by atoms with Crippen LogP contribution in [0.2, 0.25) is 0 Å². The Balaban J connectivity index is 2.78. The minimum Gasteiger partial charge on any atom is -0.314 e. The van der Waals surface area contributed by atoms with Gasteiger partial charge in [0.1, 0.15) is 5.82 Å². The summed E-state index contributed by atoms with van der Waals surface area (Å²) in [6.07, 6.45) is 1.86. The second-order valence-electron chi connectivity index (χ2n) is 4.49. The predicted octanol–water partition coefficient (Wildman–Crippen LogP) is 4.15. The van der Waals surface area contributed by atoms with Gasteiger partial charge in [-0.3, -0.25) is 0 Å². The van der Waals surface area contributed by atoms with Crippen LogP contribution < -0.4 is 5.32 Å². The van der Waals surface area contributed by atoms with Crippen molar-refractivity contribution in [1.29, 1.82) is 0 Å². The average Bonchev–Trinajstić information content (AvgIpc) is 2.30. The lowest BCUT2D eigenvalue weighted by Gasteiger charge is -2.24. The molecular formula is C14H21BrFN. The summed E-state index contributed by atoms with van der Waals surface area (Å²) in [5.41, 5.74) is 0.791. The van der Waals surface area contributed by atoms with Crippen LogP contribution in [0.4, 0.5) is 4.39 Å². The highest BCUT2D eigenvalue weighted by Crippen LogP contribution is 2.19. The van der Waals surface area contributed by atoms with Crippen molar-refractivity contribution in [3.63, 3.8) is 0 Å². The van der Waals surface area contributed by atoms with E-state index in [0.29, 0.717) is 12.0 Å². The Morgan fingerprint density at radius 1 is 1.35 bits per heavy atom. The van der Waals surface area contributed by atoms with Crippen LogP contribution in [0.3, 0.4) is 0 Å². The Labute approximate surface area is 112 Å². The van der Waals surface area contributed by atoms with Crippen LogP contribution in [-0.2, 0) is 6.42 Å². The highest BCUT2D eigenvalue weighted by atomic mass is 79.9. The number of hydrogen-bond donors (Lipinski definition) is 1. The van der Waals surface area contributed by atoms with Gasteiger partial charge in [0.15, 0.2) is 0 Å². The lowest BCUT2D eigenvalue weighted by molar-refractivity contribution is 0.367. The lowest BCUT2D eigenvalue weighted by atomic mass is 9.93. The number of benzene rings is 1. The molecule has 0 radical (unpaired) electrons. The van der Waals surface area contributed by atoms with Crippen LogP contribution in [0.25, 0.3) is 0 Å². The van der Waals surface area contributed by atoms with Crippen LogP contribution in [0.5, 0.6) is 0 Å². The van der Waals surface area contributed by atoms with Gasteiger partial charge in [-0.15, -0.1) is 0 Å². The van der Waals surface area contributed by atoms with Crippen molar-refractivity contribution >= 4 is 15.9 Å².